The van der Waals surface area contributed by atoms with Crippen LogP contribution in [0.2, 0.25) is 0 Å². The van der Waals surface area contributed by atoms with Gasteiger partial charge in [-0.1, -0.05) is 48.5 Å². The fraction of sp³-hybridized carbons (Fsp3) is 0.346. The van der Waals surface area contributed by atoms with Crippen molar-refractivity contribution in [2.24, 2.45) is 0 Å². The van der Waals surface area contributed by atoms with Crippen LogP contribution in [0.1, 0.15) is 39.5 Å². The number of carbonyl (C=O) groups excluding carboxylic acids is 3. The van der Waals surface area contributed by atoms with E-state index in [1.165, 1.54) is 13.0 Å². The van der Waals surface area contributed by atoms with Gasteiger partial charge in [-0.05, 0) is 12.1 Å². The summed E-state index contributed by atoms with van der Waals surface area (Å²) in [5.74, 6) is -1.63. The summed E-state index contributed by atoms with van der Waals surface area (Å²) < 4.78 is 29.8. The highest BCUT2D eigenvalue weighted by molar-refractivity contribution is 6.21. The normalized spacial score (nSPS) is 29.9. The van der Waals surface area contributed by atoms with E-state index in [4.69, 9.17) is 23.7 Å². The Bertz CT molecular complexity index is 1100. The van der Waals surface area contributed by atoms with Crippen LogP contribution in [-0.4, -0.2) is 66.5 Å². The number of amides is 2. The van der Waals surface area contributed by atoms with Gasteiger partial charge in [-0.25, -0.2) is 0 Å². The van der Waals surface area contributed by atoms with E-state index >= 15 is 0 Å². The van der Waals surface area contributed by atoms with E-state index in [1.807, 2.05) is 30.3 Å². The average Bonchev–Trinajstić information content (AvgIpc) is 3.12. The Kier molecular flexibility index (Phi) is 6.48. The first-order valence-electron chi connectivity index (χ1n) is 11.3. The topological polar surface area (TPSA) is 101 Å². The summed E-state index contributed by atoms with van der Waals surface area (Å²) in [5.41, 5.74) is 1.30. The molecular weight excluding hydrogens is 454 g/mol. The van der Waals surface area contributed by atoms with E-state index in [1.54, 1.807) is 24.3 Å². The lowest BCUT2D eigenvalue weighted by Gasteiger charge is -2.50. The van der Waals surface area contributed by atoms with E-state index in [2.05, 4.69) is 6.58 Å². The number of carbonyl (C=O) groups is 3. The number of imide groups is 1. The first-order valence-corrected chi connectivity index (χ1v) is 11.3. The van der Waals surface area contributed by atoms with Crippen LogP contribution in [-0.2, 0) is 28.5 Å². The third-order valence-corrected chi connectivity index (χ3v) is 6.18. The molecule has 0 radical (unpaired) electrons. The van der Waals surface area contributed by atoms with Gasteiger partial charge in [0, 0.05) is 12.5 Å². The molecular formula is C26H25NO8. The SMILES string of the molecule is C=CCO[C@@H]1O[C@@H]2COC(c3ccccc3)O[C@H]2[C@H](OC(C)=O)[C@H]1N1C(=O)c2ccccc2C1=O. The first-order chi connectivity index (χ1) is 17.0. The zero-order valence-electron chi connectivity index (χ0n) is 19.1. The minimum Gasteiger partial charge on any atom is -0.457 e. The molecule has 9 nitrogen and oxygen atoms in total. The molecule has 0 aliphatic carbocycles. The first kappa shape index (κ1) is 23.4. The summed E-state index contributed by atoms with van der Waals surface area (Å²) >= 11 is 0. The van der Waals surface area contributed by atoms with Crippen molar-refractivity contribution in [2.75, 3.05) is 13.2 Å². The summed E-state index contributed by atoms with van der Waals surface area (Å²) in [6.45, 7) is 5.14. The fourth-order valence-corrected chi connectivity index (χ4v) is 4.72. The van der Waals surface area contributed by atoms with Crippen LogP contribution in [0.5, 0.6) is 0 Å². The molecule has 182 valence electrons. The zero-order valence-corrected chi connectivity index (χ0v) is 19.1. The van der Waals surface area contributed by atoms with Gasteiger partial charge in [-0.15, -0.1) is 6.58 Å². The van der Waals surface area contributed by atoms with E-state index in [-0.39, 0.29) is 24.3 Å². The number of esters is 1. The Morgan fingerprint density at radius 1 is 1.06 bits per heavy atom. The van der Waals surface area contributed by atoms with Crippen molar-refractivity contribution in [3.8, 4) is 0 Å². The Balaban J connectivity index is 1.53. The van der Waals surface area contributed by atoms with Gasteiger partial charge in [0.1, 0.15) is 18.2 Å². The number of hydrogen-bond acceptors (Lipinski definition) is 8. The minimum atomic E-state index is -1.10. The van der Waals surface area contributed by atoms with Crippen LogP contribution in [0.4, 0.5) is 0 Å². The van der Waals surface area contributed by atoms with Gasteiger partial charge >= 0.3 is 5.97 Å². The summed E-state index contributed by atoms with van der Waals surface area (Å²) in [4.78, 5) is 40.0. The Hall–Kier alpha value is -3.37. The van der Waals surface area contributed by atoms with E-state index in [0.717, 1.165) is 10.5 Å². The van der Waals surface area contributed by atoms with Gasteiger partial charge in [-0.2, -0.15) is 0 Å². The number of ether oxygens (including phenoxy) is 5. The highest BCUT2D eigenvalue weighted by atomic mass is 16.8. The molecule has 1 unspecified atom stereocenters. The average molecular weight is 479 g/mol. The van der Waals surface area contributed by atoms with Crippen molar-refractivity contribution in [1.82, 2.24) is 4.90 Å². The lowest BCUT2D eigenvalue weighted by Crippen LogP contribution is -2.68. The maximum atomic E-state index is 13.4. The molecule has 35 heavy (non-hydrogen) atoms. The molecule has 2 fully saturated rings. The van der Waals surface area contributed by atoms with Crippen molar-refractivity contribution < 1.29 is 38.1 Å². The van der Waals surface area contributed by atoms with Gasteiger partial charge in [0.05, 0.1) is 24.3 Å². The van der Waals surface area contributed by atoms with Crippen molar-refractivity contribution in [2.45, 2.75) is 43.9 Å². The second kappa shape index (κ2) is 9.71. The molecule has 3 aliphatic heterocycles. The van der Waals surface area contributed by atoms with Crippen molar-refractivity contribution in [1.29, 1.82) is 0 Å². The Morgan fingerprint density at radius 2 is 1.71 bits per heavy atom. The van der Waals surface area contributed by atoms with E-state index < -0.39 is 54.7 Å². The molecule has 2 amide bonds. The second-order valence-electron chi connectivity index (χ2n) is 8.43. The summed E-state index contributed by atoms with van der Waals surface area (Å²) in [6.07, 6.45) is -2.86. The molecule has 2 aromatic rings. The van der Waals surface area contributed by atoms with Crippen molar-refractivity contribution in [3.05, 3.63) is 83.9 Å². The van der Waals surface area contributed by atoms with Gasteiger partial charge < -0.3 is 23.7 Å². The van der Waals surface area contributed by atoms with Crippen molar-refractivity contribution in [3.63, 3.8) is 0 Å². The monoisotopic (exact) mass is 479 g/mol. The molecule has 3 heterocycles. The molecule has 6 atom stereocenters. The predicted molar refractivity (Wildman–Crippen MR) is 121 cm³/mol. The maximum Gasteiger partial charge on any atom is 0.303 e. The highest BCUT2D eigenvalue weighted by Crippen LogP contribution is 2.39. The number of hydrogen-bond donors (Lipinski definition) is 0. The number of nitrogens with zero attached hydrogens (tertiary/aromatic N) is 1. The van der Waals surface area contributed by atoms with Gasteiger partial charge in [0.2, 0.25) is 0 Å². The summed E-state index contributed by atoms with van der Waals surface area (Å²) in [5, 5.41) is 0. The Labute approximate surface area is 202 Å². The smallest absolute Gasteiger partial charge is 0.303 e. The lowest BCUT2D eigenvalue weighted by molar-refractivity contribution is -0.348. The maximum absolute atomic E-state index is 13.4. The standard InChI is InChI=1S/C26H25NO8/c1-3-13-31-26-20(27-23(29)17-11-7-8-12-18(17)24(27)30)22(33-15(2)28)21-19(34-26)14-32-25(35-21)16-9-5-4-6-10-16/h3-12,19-22,25-26H,1,13-14H2,2H3/t19-,20-,21-,22-,25?,26-/m1/s1. The second-order valence-corrected chi connectivity index (χ2v) is 8.43. The number of benzene rings is 2. The number of rotatable bonds is 6. The van der Waals surface area contributed by atoms with Gasteiger partial charge in [0.25, 0.3) is 11.8 Å². The predicted octanol–water partition coefficient (Wildman–Crippen LogP) is 2.62. The number of fused-ring (bicyclic) bond motifs is 2. The Morgan fingerprint density at radius 3 is 2.34 bits per heavy atom. The third-order valence-electron chi connectivity index (χ3n) is 6.18. The van der Waals surface area contributed by atoms with Gasteiger partial charge in [-0.3, -0.25) is 19.3 Å². The van der Waals surface area contributed by atoms with Crippen molar-refractivity contribution >= 4 is 17.8 Å². The largest absolute Gasteiger partial charge is 0.457 e. The zero-order chi connectivity index (χ0) is 24.5. The molecule has 0 aromatic heterocycles. The summed E-state index contributed by atoms with van der Waals surface area (Å²) in [6, 6.07) is 14.7. The van der Waals surface area contributed by atoms with Crippen LogP contribution in [0.15, 0.2) is 67.3 Å². The summed E-state index contributed by atoms with van der Waals surface area (Å²) in [7, 11) is 0. The molecule has 3 aliphatic rings. The molecule has 0 bridgehead atoms. The van der Waals surface area contributed by atoms with E-state index in [0.29, 0.717) is 0 Å². The minimum absolute atomic E-state index is 0.0862. The molecule has 0 N–H and O–H groups in total. The van der Waals surface area contributed by atoms with Gasteiger partial charge in [0.15, 0.2) is 18.7 Å². The molecule has 0 spiro atoms. The van der Waals surface area contributed by atoms with E-state index in [9.17, 15) is 14.4 Å². The van der Waals surface area contributed by atoms with Crippen LogP contribution < -0.4 is 0 Å². The van der Waals surface area contributed by atoms with Crippen LogP contribution in [0.3, 0.4) is 0 Å². The van der Waals surface area contributed by atoms with Crippen LogP contribution in [0, 0.1) is 0 Å². The quantitative estimate of drug-likeness (QED) is 0.354. The molecule has 0 saturated carbocycles. The third kappa shape index (κ3) is 4.28. The molecule has 2 aromatic carbocycles. The molecule has 5 rings (SSSR count). The fourth-order valence-electron chi connectivity index (χ4n) is 4.72. The van der Waals surface area contributed by atoms with Crippen LogP contribution in [0.25, 0.3) is 0 Å². The van der Waals surface area contributed by atoms with Crippen LogP contribution >= 0.6 is 0 Å². The molecule has 9 heteroatoms. The molecule has 2 saturated heterocycles. The highest BCUT2D eigenvalue weighted by Gasteiger charge is 2.57. The lowest BCUT2D eigenvalue weighted by atomic mass is 9.94.